The van der Waals surface area contributed by atoms with Gasteiger partial charge in [0.1, 0.15) is 5.76 Å². The summed E-state index contributed by atoms with van der Waals surface area (Å²) < 4.78 is 5.64. The van der Waals surface area contributed by atoms with Crippen molar-refractivity contribution in [2.24, 2.45) is 0 Å². The van der Waals surface area contributed by atoms with Crippen molar-refractivity contribution in [3.8, 4) is 0 Å². The van der Waals surface area contributed by atoms with Crippen LogP contribution in [-0.2, 0) is 13.1 Å². The largest absolute Gasteiger partial charge is 0.468 e. The molecule has 1 N–H and O–H groups in total. The highest BCUT2D eigenvalue weighted by molar-refractivity contribution is 5.17. The molecule has 4 nitrogen and oxygen atoms in total. The molecule has 3 rings (SSSR count). The summed E-state index contributed by atoms with van der Waals surface area (Å²) in [6.45, 7) is 6.68. The van der Waals surface area contributed by atoms with Gasteiger partial charge in [-0.05, 0) is 45.5 Å². The van der Waals surface area contributed by atoms with Gasteiger partial charge in [-0.25, -0.2) is 0 Å². The van der Waals surface area contributed by atoms with Crippen molar-refractivity contribution in [1.82, 2.24) is 15.1 Å². The summed E-state index contributed by atoms with van der Waals surface area (Å²) in [6, 6.07) is 2.88. The Balaban J connectivity index is 1.54. The molecule has 0 aromatic carbocycles. The van der Waals surface area contributed by atoms with Crippen LogP contribution in [0.15, 0.2) is 16.7 Å². The van der Waals surface area contributed by atoms with E-state index in [9.17, 15) is 0 Å². The van der Waals surface area contributed by atoms with E-state index in [1.54, 1.807) is 0 Å². The third-order valence-electron chi connectivity index (χ3n) is 4.17. The molecule has 1 saturated heterocycles. The summed E-state index contributed by atoms with van der Waals surface area (Å²) in [4.78, 5) is 4.97. The lowest BCUT2D eigenvalue weighted by molar-refractivity contribution is 0.267. The molecule has 0 atom stereocenters. The molecule has 106 valence electrons. The van der Waals surface area contributed by atoms with Crippen molar-refractivity contribution in [3.05, 3.63) is 23.7 Å². The van der Waals surface area contributed by atoms with Gasteiger partial charge in [0.15, 0.2) is 0 Å². The third kappa shape index (κ3) is 3.81. The molecule has 1 aliphatic carbocycles. The predicted octanol–water partition coefficient (Wildman–Crippen LogP) is 1.67. The second-order valence-electron chi connectivity index (χ2n) is 5.96. The summed E-state index contributed by atoms with van der Waals surface area (Å²) in [7, 11) is 2.21. The first-order valence-corrected chi connectivity index (χ1v) is 7.51. The van der Waals surface area contributed by atoms with Crippen LogP contribution >= 0.6 is 0 Å². The van der Waals surface area contributed by atoms with Crippen molar-refractivity contribution in [1.29, 1.82) is 0 Å². The highest BCUT2D eigenvalue weighted by Crippen LogP contribution is 2.21. The Hall–Kier alpha value is -0.840. The van der Waals surface area contributed by atoms with Crippen LogP contribution in [0.25, 0.3) is 0 Å². The molecule has 19 heavy (non-hydrogen) atoms. The first-order chi connectivity index (χ1) is 9.31. The minimum atomic E-state index is 0.741. The third-order valence-corrected chi connectivity index (χ3v) is 4.17. The zero-order valence-corrected chi connectivity index (χ0v) is 11.9. The number of furan rings is 1. The smallest absolute Gasteiger partial charge is 0.122 e. The average molecular weight is 263 g/mol. The molecule has 1 saturated carbocycles. The summed E-state index contributed by atoms with van der Waals surface area (Å²) >= 11 is 0. The van der Waals surface area contributed by atoms with Crippen molar-refractivity contribution in [2.75, 3.05) is 33.2 Å². The van der Waals surface area contributed by atoms with E-state index in [-0.39, 0.29) is 0 Å². The number of hydrogen-bond donors (Lipinski definition) is 1. The molecule has 4 heteroatoms. The molecule has 2 heterocycles. The van der Waals surface area contributed by atoms with Gasteiger partial charge in [-0.2, -0.15) is 0 Å². The van der Waals surface area contributed by atoms with Gasteiger partial charge in [-0.1, -0.05) is 0 Å². The predicted molar refractivity (Wildman–Crippen MR) is 76.0 cm³/mol. The number of rotatable bonds is 5. The lowest BCUT2D eigenvalue weighted by Gasteiger charge is -2.19. The van der Waals surface area contributed by atoms with Gasteiger partial charge in [0.05, 0.1) is 12.8 Å². The Morgan fingerprint density at radius 1 is 1.26 bits per heavy atom. The molecular weight excluding hydrogens is 238 g/mol. The fourth-order valence-corrected chi connectivity index (χ4v) is 2.69. The maximum atomic E-state index is 5.64. The quantitative estimate of drug-likeness (QED) is 0.875. The average Bonchev–Trinajstić information content (AvgIpc) is 3.16. The molecule has 1 aromatic rings. The summed E-state index contributed by atoms with van der Waals surface area (Å²) in [5, 5.41) is 3.54. The zero-order valence-electron chi connectivity index (χ0n) is 11.9. The molecule has 2 fully saturated rings. The molecule has 1 aliphatic heterocycles. The van der Waals surface area contributed by atoms with Crippen LogP contribution in [0.3, 0.4) is 0 Å². The van der Waals surface area contributed by atoms with Crippen molar-refractivity contribution < 1.29 is 4.42 Å². The van der Waals surface area contributed by atoms with E-state index in [0.29, 0.717) is 0 Å². The molecule has 0 radical (unpaired) electrons. The molecule has 0 amide bonds. The first-order valence-electron chi connectivity index (χ1n) is 7.51. The normalized spacial score (nSPS) is 22.6. The molecule has 2 aliphatic rings. The van der Waals surface area contributed by atoms with E-state index in [4.69, 9.17) is 4.42 Å². The maximum Gasteiger partial charge on any atom is 0.122 e. The van der Waals surface area contributed by atoms with Gasteiger partial charge in [0.25, 0.3) is 0 Å². The van der Waals surface area contributed by atoms with Crippen molar-refractivity contribution in [3.63, 3.8) is 0 Å². The zero-order chi connectivity index (χ0) is 13.1. The molecule has 0 bridgehead atoms. The van der Waals surface area contributed by atoms with Gasteiger partial charge >= 0.3 is 0 Å². The number of hydrogen-bond acceptors (Lipinski definition) is 4. The standard InChI is InChI=1S/C15H25N3O/c1-17-6-2-7-18(9-8-17)12-13-5-10-19-15(13)11-16-14-3-4-14/h5,10,14,16H,2-4,6-9,11-12H2,1H3. The SMILES string of the molecule is CN1CCCN(Cc2ccoc2CNC2CC2)CC1. The highest BCUT2D eigenvalue weighted by Gasteiger charge is 2.21. The van der Waals surface area contributed by atoms with Crippen LogP contribution in [0.2, 0.25) is 0 Å². The van der Waals surface area contributed by atoms with E-state index < -0.39 is 0 Å². The van der Waals surface area contributed by atoms with Crippen LogP contribution in [0.5, 0.6) is 0 Å². The van der Waals surface area contributed by atoms with Crippen LogP contribution in [-0.4, -0.2) is 49.1 Å². The Morgan fingerprint density at radius 3 is 3.00 bits per heavy atom. The van der Waals surface area contributed by atoms with E-state index in [2.05, 4.69) is 28.2 Å². The van der Waals surface area contributed by atoms with Crippen LogP contribution in [0.4, 0.5) is 0 Å². The number of nitrogens with zero attached hydrogens (tertiary/aromatic N) is 2. The molecule has 0 spiro atoms. The number of nitrogens with one attached hydrogen (secondary N) is 1. The van der Waals surface area contributed by atoms with Gasteiger partial charge in [0, 0.05) is 31.2 Å². The monoisotopic (exact) mass is 263 g/mol. The van der Waals surface area contributed by atoms with E-state index in [1.807, 2.05) is 6.26 Å². The van der Waals surface area contributed by atoms with Crippen molar-refractivity contribution in [2.45, 2.75) is 38.4 Å². The summed E-state index contributed by atoms with van der Waals surface area (Å²) in [5.41, 5.74) is 1.36. The fourth-order valence-electron chi connectivity index (χ4n) is 2.69. The molecular formula is C15H25N3O. The van der Waals surface area contributed by atoms with Gasteiger partial charge < -0.3 is 14.6 Å². The van der Waals surface area contributed by atoms with Crippen LogP contribution in [0.1, 0.15) is 30.6 Å². The molecule has 1 aromatic heterocycles. The summed E-state index contributed by atoms with van der Waals surface area (Å²) in [6.07, 6.45) is 5.76. The lowest BCUT2D eigenvalue weighted by atomic mass is 10.2. The Kier molecular flexibility index (Phi) is 4.21. The highest BCUT2D eigenvalue weighted by atomic mass is 16.3. The number of likely N-dealkylation sites (N-methyl/N-ethyl adjacent to an activating group) is 1. The first kappa shape index (κ1) is 13.2. The van der Waals surface area contributed by atoms with E-state index >= 15 is 0 Å². The second-order valence-corrected chi connectivity index (χ2v) is 5.96. The Bertz CT molecular complexity index is 400. The lowest BCUT2D eigenvalue weighted by Crippen LogP contribution is -2.29. The van der Waals surface area contributed by atoms with Gasteiger partial charge in [-0.15, -0.1) is 0 Å². The van der Waals surface area contributed by atoms with E-state index in [0.717, 1.165) is 31.4 Å². The van der Waals surface area contributed by atoms with Crippen molar-refractivity contribution >= 4 is 0 Å². The Morgan fingerprint density at radius 2 is 2.16 bits per heavy atom. The molecule has 0 unspecified atom stereocenters. The minimum absolute atomic E-state index is 0.741. The van der Waals surface area contributed by atoms with Crippen LogP contribution < -0.4 is 5.32 Å². The fraction of sp³-hybridized carbons (Fsp3) is 0.733. The Labute approximate surface area is 115 Å². The van der Waals surface area contributed by atoms with Gasteiger partial charge in [0.2, 0.25) is 0 Å². The van der Waals surface area contributed by atoms with Gasteiger partial charge in [-0.3, -0.25) is 4.90 Å². The van der Waals surface area contributed by atoms with E-state index in [1.165, 1.54) is 44.5 Å². The summed E-state index contributed by atoms with van der Waals surface area (Å²) in [5.74, 6) is 1.13. The maximum absolute atomic E-state index is 5.64. The van der Waals surface area contributed by atoms with Crippen LogP contribution in [0, 0.1) is 0 Å². The topological polar surface area (TPSA) is 31.6 Å². The second kappa shape index (κ2) is 6.07. The minimum Gasteiger partial charge on any atom is -0.468 e.